The summed E-state index contributed by atoms with van der Waals surface area (Å²) < 4.78 is 5.77. The van der Waals surface area contributed by atoms with E-state index >= 15 is 0 Å². The number of likely N-dealkylation sites (tertiary alicyclic amines) is 1. The van der Waals surface area contributed by atoms with Crippen molar-refractivity contribution in [3.8, 4) is 5.88 Å². The second-order valence-electron chi connectivity index (χ2n) is 5.10. The Morgan fingerprint density at radius 2 is 2.00 bits per heavy atom. The zero-order valence-corrected chi connectivity index (χ0v) is 11.5. The minimum atomic E-state index is -1.26. The van der Waals surface area contributed by atoms with E-state index in [0.29, 0.717) is 5.88 Å². The Balaban J connectivity index is 1.84. The standard InChI is InChI=1S/C15H14N2O5/c18-14(19)12-7-10(8-17(12)15(20)21)22-13-11-4-2-1-3-9(11)5-6-16-13/h1-6,10,12H,7-8H2,(H,18,19)(H,20,21). The van der Waals surface area contributed by atoms with Gasteiger partial charge in [-0.05, 0) is 17.5 Å². The number of aromatic nitrogens is 1. The van der Waals surface area contributed by atoms with Gasteiger partial charge in [-0.3, -0.25) is 4.90 Å². The number of carbonyl (C=O) groups is 2. The monoisotopic (exact) mass is 302 g/mol. The molecule has 2 unspecified atom stereocenters. The van der Waals surface area contributed by atoms with E-state index in [1.165, 1.54) is 0 Å². The van der Waals surface area contributed by atoms with Gasteiger partial charge in [-0.25, -0.2) is 14.6 Å². The summed E-state index contributed by atoms with van der Waals surface area (Å²) in [7, 11) is 0. The number of amides is 1. The van der Waals surface area contributed by atoms with Gasteiger partial charge in [0.05, 0.1) is 6.54 Å². The predicted molar refractivity (Wildman–Crippen MR) is 76.9 cm³/mol. The van der Waals surface area contributed by atoms with Crippen LogP contribution in [0.1, 0.15) is 6.42 Å². The molecule has 1 aromatic heterocycles. The summed E-state index contributed by atoms with van der Waals surface area (Å²) in [5.74, 6) is -0.779. The molecule has 2 N–H and O–H groups in total. The highest BCUT2D eigenvalue weighted by molar-refractivity contribution is 5.86. The number of fused-ring (bicyclic) bond motifs is 1. The number of hydrogen-bond acceptors (Lipinski definition) is 4. The van der Waals surface area contributed by atoms with Crippen LogP contribution < -0.4 is 4.74 Å². The van der Waals surface area contributed by atoms with Crippen LogP contribution in [0.25, 0.3) is 10.8 Å². The molecule has 1 amide bonds. The highest BCUT2D eigenvalue weighted by atomic mass is 16.5. The Labute approximate surface area is 125 Å². The van der Waals surface area contributed by atoms with Crippen molar-refractivity contribution < 1.29 is 24.5 Å². The molecule has 0 aliphatic carbocycles. The van der Waals surface area contributed by atoms with Gasteiger partial charge in [0.1, 0.15) is 12.1 Å². The number of rotatable bonds is 3. The third-order valence-electron chi connectivity index (χ3n) is 3.71. The number of carboxylic acids is 1. The number of benzene rings is 1. The smallest absolute Gasteiger partial charge is 0.408 e. The first-order chi connectivity index (χ1) is 10.6. The molecule has 1 aliphatic heterocycles. The number of ether oxygens (including phenoxy) is 1. The summed E-state index contributed by atoms with van der Waals surface area (Å²) in [4.78, 5) is 27.3. The van der Waals surface area contributed by atoms with Gasteiger partial charge in [0.25, 0.3) is 0 Å². The Kier molecular flexibility index (Phi) is 3.54. The first-order valence-corrected chi connectivity index (χ1v) is 6.79. The average molecular weight is 302 g/mol. The lowest BCUT2D eigenvalue weighted by atomic mass is 10.1. The number of aliphatic carboxylic acids is 1. The fourth-order valence-corrected chi connectivity index (χ4v) is 2.67. The quantitative estimate of drug-likeness (QED) is 0.897. The fourth-order valence-electron chi connectivity index (χ4n) is 2.67. The summed E-state index contributed by atoms with van der Waals surface area (Å²) in [6, 6.07) is 8.29. The largest absolute Gasteiger partial charge is 0.480 e. The van der Waals surface area contributed by atoms with Crippen LogP contribution in [-0.4, -0.2) is 50.9 Å². The number of pyridine rings is 1. The van der Waals surface area contributed by atoms with Crippen LogP contribution in [0.5, 0.6) is 5.88 Å². The molecule has 1 fully saturated rings. The molecule has 0 spiro atoms. The van der Waals surface area contributed by atoms with Gasteiger partial charge in [-0.1, -0.05) is 18.2 Å². The van der Waals surface area contributed by atoms with Gasteiger partial charge in [-0.2, -0.15) is 0 Å². The van der Waals surface area contributed by atoms with Gasteiger partial charge < -0.3 is 14.9 Å². The summed E-state index contributed by atoms with van der Waals surface area (Å²) in [5.41, 5.74) is 0. The first-order valence-electron chi connectivity index (χ1n) is 6.79. The van der Waals surface area contributed by atoms with Gasteiger partial charge in [0.15, 0.2) is 0 Å². The van der Waals surface area contributed by atoms with E-state index in [4.69, 9.17) is 14.9 Å². The molecule has 2 heterocycles. The maximum absolute atomic E-state index is 11.2. The van der Waals surface area contributed by atoms with Crippen LogP contribution in [0, 0.1) is 0 Å². The maximum Gasteiger partial charge on any atom is 0.408 e. The number of carboxylic acid groups (broad SMARTS) is 2. The van der Waals surface area contributed by atoms with Crippen LogP contribution >= 0.6 is 0 Å². The summed E-state index contributed by atoms with van der Waals surface area (Å²) in [6.07, 6.45) is -0.0807. The molecule has 1 saturated heterocycles. The molecule has 0 bridgehead atoms. The van der Waals surface area contributed by atoms with Gasteiger partial charge in [0, 0.05) is 18.0 Å². The Hall–Kier alpha value is -2.83. The lowest BCUT2D eigenvalue weighted by molar-refractivity contribution is -0.141. The lowest BCUT2D eigenvalue weighted by Gasteiger charge is -2.16. The molecule has 114 valence electrons. The second kappa shape index (κ2) is 5.51. The van der Waals surface area contributed by atoms with E-state index in [2.05, 4.69) is 4.98 Å². The molecule has 2 aromatic rings. The fraction of sp³-hybridized carbons (Fsp3) is 0.267. The van der Waals surface area contributed by atoms with Crippen LogP contribution in [0.15, 0.2) is 36.5 Å². The van der Waals surface area contributed by atoms with Gasteiger partial charge >= 0.3 is 12.1 Å². The zero-order chi connectivity index (χ0) is 15.7. The van der Waals surface area contributed by atoms with E-state index in [1.54, 1.807) is 6.20 Å². The molecule has 22 heavy (non-hydrogen) atoms. The molecule has 2 atom stereocenters. The third-order valence-corrected chi connectivity index (χ3v) is 3.71. The minimum absolute atomic E-state index is 0.0111. The van der Waals surface area contributed by atoms with Crippen molar-refractivity contribution in [2.45, 2.75) is 18.6 Å². The highest BCUT2D eigenvalue weighted by Crippen LogP contribution is 2.27. The molecule has 0 saturated carbocycles. The van der Waals surface area contributed by atoms with Crippen molar-refractivity contribution >= 4 is 22.8 Å². The molecule has 1 aliphatic rings. The molecule has 0 radical (unpaired) electrons. The molecule has 7 heteroatoms. The van der Waals surface area contributed by atoms with E-state index in [-0.39, 0.29) is 13.0 Å². The number of nitrogens with zero attached hydrogens (tertiary/aromatic N) is 2. The number of hydrogen-bond donors (Lipinski definition) is 2. The molecular formula is C15H14N2O5. The first kappa shape index (κ1) is 14.1. The van der Waals surface area contributed by atoms with E-state index in [9.17, 15) is 9.59 Å². The van der Waals surface area contributed by atoms with E-state index < -0.39 is 24.2 Å². The highest BCUT2D eigenvalue weighted by Gasteiger charge is 2.41. The second-order valence-corrected chi connectivity index (χ2v) is 5.10. The lowest BCUT2D eigenvalue weighted by Crippen LogP contribution is -2.39. The van der Waals surface area contributed by atoms with Crippen LogP contribution in [0.2, 0.25) is 0 Å². The van der Waals surface area contributed by atoms with Crippen molar-refractivity contribution in [1.29, 1.82) is 0 Å². The van der Waals surface area contributed by atoms with E-state index in [1.807, 2.05) is 30.3 Å². The average Bonchev–Trinajstić information content (AvgIpc) is 2.92. The normalized spacial score (nSPS) is 21.0. The topological polar surface area (TPSA) is 100.0 Å². The SMILES string of the molecule is O=C(O)C1CC(Oc2nccc3ccccc23)CN1C(=O)O. The zero-order valence-electron chi connectivity index (χ0n) is 11.5. The Morgan fingerprint density at radius 1 is 1.23 bits per heavy atom. The third kappa shape index (κ3) is 2.52. The van der Waals surface area contributed by atoms with Crippen molar-refractivity contribution in [3.05, 3.63) is 36.5 Å². The van der Waals surface area contributed by atoms with Gasteiger partial charge in [-0.15, -0.1) is 0 Å². The maximum atomic E-state index is 11.2. The molecule has 3 rings (SSSR count). The Bertz CT molecular complexity index is 705. The molecule has 1 aromatic carbocycles. The molecular weight excluding hydrogens is 288 g/mol. The van der Waals surface area contributed by atoms with Crippen molar-refractivity contribution in [2.24, 2.45) is 0 Å². The predicted octanol–water partition coefficient (Wildman–Crippen LogP) is 1.82. The van der Waals surface area contributed by atoms with Crippen LogP contribution in [-0.2, 0) is 4.79 Å². The summed E-state index contributed by atoms with van der Waals surface area (Å²) >= 11 is 0. The summed E-state index contributed by atoms with van der Waals surface area (Å²) in [5, 5.41) is 20.0. The summed E-state index contributed by atoms with van der Waals surface area (Å²) in [6.45, 7) is 0.0111. The van der Waals surface area contributed by atoms with Crippen molar-refractivity contribution in [3.63, 3.8) is 0 Å². The Morgan fingerprint density at radius 3 is 2.68 bits per heavy atom. The molecule has 7 nitrogen and oxygen atoms in total. The van der Waals surface area contributed by atoms with Crippen LogP contribution in [0.4, 0.5) is 4.79 Å². The van der Waals surface area contributed by atoms with Gasteiger partial charge in [0.2, 0.25) is 5.88 Å². The van der Waals surface area contributed by atoms with Crippen molar-refractivity contribution in [2.75, 3.05) is 6.54 Å². The van der Waals surface area contributed by atoms with Crippen LogP contribution in [0.3, 0.4) is 0 Å². The van der Waals surface area contributed by atoms with E-state index in [0.717, 1.165) is 15.7 Å². The minimum Gasteiger partial charge on any atom is -0.480 e. The van der Waals surface area contributed by atoms with Crippen molar-refractivity contribution in [1.82, 2.24) is 9.88 Å².